The molecule has 0 saturated carbocycles. The van der Waals surface area contributed by atoms with Crippen molar-refractivity contribution in [2.75, 3.05) is 6.26 Å². The van der Waals surface area contributed by atoms with E-state index in [1.165, 1.54) is 28.8 Å². The third-order valence-corrected chi connectivity index (χ3v) is 2.43. The Balaban J connectivity index is 2.38. The number of hydrogen-bond donors (Lipinski definition) is 1. The molecule has 0 atom stereocenters. The van der Waals surface area contributed by atoms with E-state index in [-0.39, 0.29) is 5.56 Å². The van der Waals surface area contributed by atoms with Crippen LogP contribution >= 0.6 is 11.8 Å². The number of carboxylic acid groups (broad SMARTS) is 1. The van der Waals surface area contributed by atoms with Crippen molar-refractivity contribution < 1.29 is 9.90 Å². The summed E-state index contributed by atoms with van der Waals surface area (Å²) in [5.74, 6) is -0.461. The van der Waals surface area contributed by atoms with Gasteiger partial charge in [-0.3, -0.25) is 0 Å². The molecule has 0 aliphatic heterocycles. The second-order valence-electron chi connectivity index (χ2n) is 2.88. The van der Waals surface area contributed by atoms with E-state index in [0.29, 0.717) is 11.0 Å². The fourth-order valence-electron chi connectivity index (χ4n) is 1.12. The Morgan fingerprint density at radius 2 is 2.38 bits per heavy atom. The fourth-order valence-corrected chi connectivity index (χ4v) is 1.47. The number of carbonyl (C=O) groups is 1. The van der Waals surface area contributed by atoms with Gasteiger partial charge in [0, 0.05) is 18.5 Å². The Morgan fingerprint density at radius 1 is 1.56 bits per heavy atom. The van der Waals surface area contributed by atoms with Gasteiger partial charge in [0.2, 0.25) is 0 Å². The van der Waals surface area contributed by atoms with E-state index in [4.69, 9.17) is 5.11 Å². The zero-order valence-electron chi connectivity index (χ0n) is 8.36. The van der Waals surface area contributed by atoms with Gasteiger partial charge >= 0.3 is 5.97 Å². The predicted octanol–water partition coefficient (Wildman–Crippen LogP) is 1.08. The standard InChI is InChI=1S/C9H8N4O2S/c1-16-9-10-3-2-7(12-9)13-5-6(4-11-13)8(14)15/h2-5H,1H3,(H,14,15). The SMILES string of the molecule is CSc1nccc(-n2cc(C(=O)O)cn2)n1. The third kappa shape index (κ3) is 2.03. The molecular formula is C9H8N4O2S. The zero-order valence-corrected chi connectivity index (χ0v) is 9.18. The van der Waals surface area contributed by atoms with Crippen LogP contribution < -0.4 is 0 Å². The van der Waals surface area contributed by atoms with Crippen LogP contribution in [0.3, 0.4) is 0 Å². The highest BCUT2D eigenvalue weighted by atomic mass is 32.2. The van der Waals surface area contributed by atoms with Gasteiger partial charge in [0.15, 0.2) is 11.0 Å². The Morgan fingerprint density at radius 3 is 3.00 bits per heavy atom. The van der Waals surface area contributed by atoms with Crippen LogP contribution in [0.15, 0.2) is 29.8 Å². The molecule has 0 radical (unpaired) electrons. The van der Waals surface area contributed by atoms with E-state index < -0.39 is 5.97 Å². The first-order valence-corrected chi connectivity index (χ1v) is 5.58. The number of carboxylic acids is 1. The van der Waals surface area contributed by atoms with Crippen LogP contribution in [0.1, 0.15) is 10.4 Å². The number of nitrogens with zero attached hydrogens (tertiary/aromatic N) is 4. The molecule has 0 spiro atoms. The van der Waals surface area contributed by atoms with Crippen molar-refractivity contribution in [3.05, 3.63) is 30.2 Å². The molecule has 0 aromatic carbocycles. The average molecular weight is 236 g/mol. The second-order valence-corrected chi connectivity index (χ2v) is 3.65. The molecule has 2 heterocycles. The normalized spacial score (nSPS) is 10.3. The lowest BCUT2D eigenvalue weighted by Crippen LogP contribution is -2.00. The van der Waals surface area contributed by atoms with E-state index in [1.54, 1.807) is 12.3 Å². The Hall–Kier alpha value is -1.89. The minimum absolute atomic E-state index is 0.129. The van der Waals surface area contributed by atoms with E-state index in [0.717, 1.165) is 0 Å². The topological polar surface area (TPSA) is 80.9 Å². The maximum absolute atomic E-state index is 10.7. The fraction of sp³-hybridized carbons (Fsp3) is 0.111. The molecule has 0 aliphatic rings. The van der Waals surface area contributed by atoms with Crippen molar-refractivity contribution in [3.8, 4) is 5.82 Å². The van der Waals surface area contributed by atoms with Crippen LogP contribution in [-0.2, 0) is 0 Å². The Labute approximate surface area is 95.3 Å². The maximum Gasteiger partial charge on any atom is 0.338 e. The third-order valence-electron chi connectivity index (χ3n) is 1.87. The first-order valence-electron chi connectivity index (χ1n) is 4.36. The minimum atomic E-state index is -1.01. The molecule has 0 fully saturated rings. The summed E-state index contributed by atoms with van der Waals surface area (Å²) in [4.78, 5) is 18.9. The lowest BCUT2D eigenvalue weighted by atomic mass is 10.4. The molecule has 2 rings (SSSR count). The molecule has 2 aromatic heterocycles. The number of rotatable bonds is 3. The van der Waals surface area contributed by atoms with Crippen LogP contribution in [0.4, 0.5) is 0 Å². The van der Waals surface area contributed by atoms with Crippen molar-refractivity contribution in [1.82, 2.24) is 19.7 Å². The molecule has 0 aliphatic carbocycles. The van der Waals surface area contributed by atoms with Crippen molar-refractivity contribution in [2.45, 2.75) is 5.16 Å². The van der Waals surface area contributed by atoms with Crippen LogP contribution in [0, 0.1) is 0 Å². The van der Waals surface area contributed by atoms with Gasteiger partial charge in [0.1, 0.15) is 0 Å². The van der Waals surface area contributed by atoms with Gasteiger partial charge in [-0.2, -0.15) is 5.10 Å². The molecule has 1 N–H and O–H groups in total. The molecule has 0 amide bonds. The summed E-state index contributed by atoms with van der Waals surface area (Å²) in [6.07, 6.45) is 6.17. The smallest absolute Gasteiger partial charge is 0.338 e. The highest BCUT2D eigenvalue weighted by Crippen LogP contribution is 2.10. The molecule has 0 bridgehead atoms. The van der Waals surface area contributed by atoms with Crippen LogP contribution in [0.5, 0.6) is 0 Å². The summed E-state index contributed by atoms with van der Waals surface area (Å²) in [6, 6.07) is 1.67. The number of aromatic carboxylic acids is 1. The highest BCUT2D eigenvalue weighted by Gasteiger charge is 2.08. The molecule has 0 saturated heterocycles. The van der Waals surface area contributed by atoms with Gasteiger partial charge in [-0.1, -0.05) is 11.8 Å². The second kappa shape index (κ2) is 4.31. The predicted molar refractivity (Wildman–Crippen MR) is 57.9 cm³/mol. The van der Waals surface area contributed by atoms with Gasteiger partial charge in [0.25, 0.3) is 0 Å². The van der Waals surface area contributed by atoms with E-state index >= 15 is 0 Å². The van der Waals surface area contributed by atoms with Crippen LogP contribution in [0.25, 0.3) is 5.82 Å². The van der Waals surface area contributed by atoms with Crippen molar-refractivity contribution in [1.29, 1.82) is 0 Å². The molecule has 16 heavy (non-hydrogen) atoms. The zero-order chi connectivity index (χ0) is 11.5. The molecule has 2 aromatic rings. The first-order chi connectivity index (χ1) is 7.70. The summed E-state index contributed by atoms with van der Waals surface area (Å²) in [5, 5.41) is 13.3. The van der Waals surface area contributed by atoms with Gasteiger partial charge in [-0.25, -0.2) is 19.4 Å². The lowest BCUT2D eigenvalue weighted by molar-refractivity contribution is 0.0697. The number of hydrogen-bond acceptors (Lipinski definition) is 5. The molecular weight excluding hydrogens is 228 g/mol. The average Bonchev–Trinajstić information content (AvgIpc) is 2.78. The summed E-state index contributed by atoms with van der Waals surface area (Å²) in [6.45, 7) is 0. The van der Waals surface area contributed by atoms with Gasteiger partial charge < -0.3 is 5.11 Å². The molecule has 82 valence electrons. The molecule has 7 heteroatoms. The first kappa shape index (κ1) is 10.6. The van der Waals surface area contributed by atoms with Gasteiger partial charge in [0.05, 0.1) is 11.8 Å². The highest BCUT2D eigenvalue weighted by molar-refractivity contribution is 7.98. The largest absolute Gasteiger partial charge is 0.478 e. The Bertz CT molecular complexity index is 526. The summed E-state index contributed by atoms with van der Waals surface area (Å²) in [5.41, 5.74) is 0.129. The quantitative estimate of drug-likeness (QED) is 0.634. The Kier molecular flexibility index (Phi) is 2.86. The van der Waals surface area contributed by atoms with Crippen molar-refractivity contribution >= 4 is 17.7 Å². The van der Waals surface area contributed by atoms with Gasteiger partial charge in [-0.15, -0.1) is 0 Å². The van der Waals surface area contributed by atoms with E-state index in [9.17, 15) is 4.79 Å². The van der Waals surface area contributed by atoms with E-state index in [2.05, 4.69) is 15.1 Å². The van der Waals surface area contributed by atoms with Crippen molar-refractivity contribution in [2.24, 2.45) is 0 Å². The maximum atomic E-state index is 10.7. The van der Waals surface area contributed by atoms with Crippen LogP contribution in [0.2, 0.25) is 0 Å². The summed E-state index contributed by atoms with van der Waals surface area (Å²) < 4.78 is 1.41. The monoisotopic (exact) mass is 236 g/mol. The van der Waals surface area contributed by atoms with Gasteiger partial charge in [-0.05, 0) is 6.26 Å². The number of thioether (sulfide) groups is 1. The number of aromatic nitrogens is 4. The summed E-state index contributed by atoms with van der Waals surface area (Å²) >= 11 is 1.41. The molecule has 0 unspecified atom stereocenters. The molecule has 6 nitrogen and oxygen atoms in total. The minimum Gasteiger partial charge on any atom is -0.478 e. The van der Waals surface area contributed by atoms with Crippen molar-refractivity contribution in [3.63, 3.8) is 0 Å². The lowest BCUT2D eigenvalue weighted by Gasteiger charge is -2.00. The summed E-state index contributed by atoms with van der Waals surface area (Å²) in [7, 11) is 0. The van der Waals surface area contributed by atoms with Crippen LogP contribution in [-0.4, -0.2) is 37.1 Å². The van der Waals surface area contributed by atoms with E-state index in [1.807, 2.05) is 6.26 Å².